The lowest BCUT2D eigenvalue weighted by atomic mass is 9.96. The van der Waals surface area contributed by atoms with Crippen LogP contribution in [0, 0.1) is 5.92 Å². The summed E-state index contributed by atoms with van der Waals surface area (Å²) in [5, 5.41) is 6.44. The Kier molecular flexibility index (Phi) is 4.18. The number of thiophene rings is 1. The number of hydrogen-bond donors (Lipinski definition) is 2. The Morgan fingerprint density at radius 2 is 2.37 bits per heavy atom. The normalized spacial score (nSPS) is 22.2. The third kappa shape index (κ3) is 3.37. The summed E-state index contributed by atoms with van der Waals surface area (Å²) >= 11 is 1.88. The Hall–Kier alpha value is -0.870. The van der Waals surface area contributed by atoms with Crippen LogP contribution in [0.3, 0.4) is 0 Å². The smallest absolute Gasteiger partial charge is 0.220 e. The summed E-state index contributed by atoms with van der Waals surface area (Å²) in [6.45, 7) is 2.83. The molecule has 2 N–H and O–H groups in total. The van der Waals surface area contributed by atoms with Gasteiger partial charge < -0.3 is 10.6 Å². The maximum atomic E-state index is 11.9. The summed E-state index contributed by atoms with van der Waals surface area (Å²) in [7, 11) is 0. The number of nitrogens with one attached hydrogen (secondary N) is 2. The van der Waals surface area contributed by atoms with Crippen LogP contribution in [-0.4, -0.2) is 19.0 Å². The van der Waals surface area contributed by atoms with Gasteiger partial charge in [0.15, 0.2) is 0 Å². The lowest BCUT2D eigenvalue weighted by Crippen LogP contribution is -2.34. The van der Waals surface area contributed by atoms with E-state index in [2.05, 4.69) is 16.7 Å². The van der Waals surface area contributed by atoms with Gasteiger partial charge in [0.25, 0.3) is 0 Å². The summed E-state index contributed by atoms with van der Waals surface area (Å²) in [4.78, 5) is 14.8. The second-order valence-corrected chi connectivity index (χ2v) is 6.93. The molecule has 0 saturated carbocycles. The van der Waals surface area contributed by atoms with Gasteiger partial charge >= 0.3 is 0 Å². The Bertz CT molecular complexity index is 427. The number of aryl methyl sites for hydroxylation is 2. The Morgan fingerprint density at radius 1 is 1.42 bits per heavy atom. The fourth-order valence-electron chi connectivity index (χ4n) is 3.10. The molecule has 3 nitrogen and oxygen atoms in total. The van der Waals surface area contributed by atoms with Crippen molar-refractivity contribution in [1.82, 2.24) is 10.6 Å². The minimum Gasteiger partial charge on any atom is -0.351 e. The summed E-state index contributed by atoms with van der Waals surface area (Å²) in [5.41, 5.74) is 1.52. The molecule has 1 unspecified atom stereocenters. The lowest BCUT2D eigenvalue weighted by molar-refractivity contribution is -0.122. The van der Waals surface area contributed by atoms with Crippen molar-refractivity contribution in [2.45, 2.75) is 45.1 Å². The maximum Gasteiger partial charge on any atom is 0.220 e. The molecule has 1 aromatic heterocycles. The van der Waals surface area contributed by atoms with E-state index in [1.807, 2.05) is 11.3 Å². The maximum absolute atomic E-state index is 11.9. The molecule has 0 spiro atoms. The van der Waals surface area contributed by atoms with Gasteiger partial charge in [-0.1, -0.05) is 0 Å². The van der Waals surface area contributed by atoms with Gasteiger partial charge in [-0.25, -0.2) is 0 Å². The van der Waals surface area contributed by atoms with Crippen molar-refractivity contribution in [3.8, 4) is 0 Å². The monoisotopic (exact) mass is 278 g/mol. The van der Waals surface area contributed by atoms with Gasteiger partial charge in [0.05, 0.1) is 6.54 Å². The van der Waals surface area contributed by atoms with Crippen molar-refractivity contribution in [2.75, 3.05) is 13.1 Å². The molecule has 0 aromatic carbocycles. The van der Waals surface area contributed by atoms with Crippen LogP contribution in [0.15, 0.2) is 6.07 Å². The second kappa shape index (κ2) is 6.06. The molecular weight excluding hydrogens is 256 g/mol. The fourth-order valence-corrected chi connectivity index (χ4v) is 4.30. The molecule has 2 heterocycles. The Morgan fingerprint density at radius 3 is 3.16 bits per heavy atom. The molecule has 19 heavy (non-hydrogen) atoms. The molecule has 1 aromatic rings. The third-order valence-electron chi connectivity index (χ3n) is 4.13. The average molecular weight is 278 g/mol. The number of fused-ring (bicyclic) bond motifs is 1. The molecule has 4 heteroatoms. The van der Waals surface area contributed by atoms with Crippen LogP contribution in [0.1, 0.15) is 41.0 Å². The van der Waals surface area contributed by atoms with Crippen molar-refractivity contribution in [3.63, 3.8) is 0 Å². The van der Waals surface area contributed by atoms with Crippen LogP contribution in [0.5, 0.6) is 0 Å². The third-order valence-corrected chi connectivity index (χ3v) is 5.37. The van der Waals surface area contributed by atoms with Crippen LogP contribution in [0.25, 0.3) is 0 Å². The molecule has 3 rings (SSSR count). The van der Waals surface area contributed by atoms with Crippen molar-refractivity contribution in [2.24, 2.45) is 5.92 Å². The van der Waals surface area contributed by atoms with Gasteiger partial charge in [-0.2, -0.15) is 0 Å². The number of hydrogen-bond acceptors (Lipinski definition) is 3. The van der Waals surface area contributed by atoms with E-state index in [4.69, 9.17) is 0 Å². The van der Waals surface area contributed by atoms with E-state index in [9.17, 15) is 4.79 Å². The van der Waals surface area contributed by atoms with Gasteiger partial charge in [-0.3, -0.25) is 4.79 Å². The van der Waals surface area contributed by atoms with Gasteiger partial charge in [0.2, 0.25) is 5.91 Å². The number of amides is 1. The molecule has 1 aliphatic carbocycles. The second-order valence-electron chi connectivity index (χ2n) is 5.71. The molecule has 0 radical (unpaired) electrons. The van der Waals surface area contributed by atoms with Crippen molar-refractivity contribution in [3.05, 3.63) is 21.4 Å². The van der Waals surface area contributed by atoms with Crippen molar-refractivity contribution in [1.29, 1.82) is 0 Å². The molecule has 1 amide bonds. The molecule has 1 fully saturated rings. The van der Waals surface area contributed by atoms with Gasteiger partial charge in [-0.15, -0.1) is 11.3 Å². The summed E-state index contributed by atoms with van der Waals surface area (Å²) in [6, 6.07) is 2.29. The minimum atomic E-state index is 0.210. The van der Waals surface area contributed by atoms with Gasteiger partial charge in [0.1, 0.15) is 0 Å². The quantitative estimate of drug-likeness (QED) is 0.887. The first-order valence-corrected chi connectivity index (χ1v) is 8.21. The zero-order valence-electron chi connectivity index (χ0n) is 11.3. The van der Waals surface area contributed by atoms with Crippen LogP contribution < -0.4 is 10.6 Å². The van der Waals surface area contributed by atoms with E-state index >= 15 is 0 Å². The van der Waals surface area contributed by atoms with Crippen LogP contribution in [0.4, 0.5) is 0 Å². The standard InChI is InChI=1S/C15H22N2OS/c18-15(7-11-3-2-6-16-9-11)17-10-13-8-12-4-1-5-14(12)19-13/h8,11,16H,1-7,9-10H2,(H,17,18). The van der Waals surface area contributed by atoms with E-state index in [1.54, 1.807) is 4.88 Å². The Balaban J connectivity index is 1.44. The first-order valence-electron chi connectivity index (χ1n) is 7.39. The summed E-state index contributed by atoms with van der Waals surface area (Å²) in [5.74, 6) is 0.740. The van der Waals surface area contributed by atoms with E-state index in [1.165, 1.54) is 42.5 Å². The molecule has 1 saturated heterocycles. The van der Waals surface area contributed by atoms with Crippen LogP contribution >= 0.6 is 11.3 Å². The molecule has 1 atom stereocenters. The molecular formula is C15H22N2OS. The molecule has 0 bridgehead atoms. The molecule has 104 valence electrons. The number of piperidine rings is 1. The van der Waals surface area contributed by atoms with Crippen molar-refractivity contribution < 1.29 is 4.79 Å². The average Bonchev–Trinajstić information content (AvgIpc) is 2.98. The highest BCUT2D eigenvalue weighted by Crippen LogP contribution is 2.30. The number of carbonyl (C=O) groups excluding carboxylic acids is 1. The molecule has 2 aliphatic rings. The Labute approximate surface area is 118 Å². The topological polar surface area (TPSA) is 41.1 Å². The van der Waals surface area contributed by atoms with E-state index in [0.29, 0.717) is 12.3 Å². The van der Waals surface area contributed by atoms with E-state index < -0.39 is 0 Å². The summed E-state index contributed by atoms with van der Waals surface area (Å²) in [6.07, 6.45) is 6.85. The van der Waals surface area contributed by atoms with Crippen LogP contribution in [0.2, 0.25) is 0 Å². The first-order chi connectivity index (χ1) is 9.31. The lowest BCUT2D eigenvalue weighted by Gasteiger charge is -2.21. The summed E-state index contributed by atoms with van der Waals surface area (Å²) < 4.78 is 0. The highest BCUT2D eigenvalue weighted by molar-refractivity contribution is 7.12. The van der Waals surface area contributed by atoms with E-state index in [0.717, 1.165) is 19.6 Å². The van der Waals surface area contributed by atoms with Crippen molar-refractivity contribution >= 4 is 17.2 Å². The van der Waals surface area contributed by atoms with E-state index in [-0.39, 0.29) is 5.91 Å². The highest BCUT2D eigenvalue weighted by atomic mass is 32.1. The number of rotatable bonds is 4. The van der Waals surface area contributed by atoms with Gasteiger partial charge in [0, 0.05) is 16.2 Å². The fraction of sp³-hybridized carbons (Fsp3) is 0.667. The number of carbonyl (C=O) groups is 1. The van der Waals surface area contributed by atoms with Crippen LogP contribution in [-0.2, 0) is 24.2 Å². The zero-order valence-corrected chi connectivity index (χ0v) is 12.2. The largest absolute Gasteiger partial charge is 0.351 e. The highest BCUT2D eigenvalue weighted by Gasteiger charge is 2.18. The molecule has 1 aliphatic heterocycles. The predicted molar refractivity (Wildman–Crippen MR) is 78.4 cm³/mol. The SMILES string of the molecule is O=C(CC1CCCNC1)NCc1cc2c(s1)CCC2. The predicted octanol–water partition coefficient (Wildman–Crippen LogP) is 2.24. The first kappa shape index (κ1) is 13.1. The minimum absolute atomic E-state index is 0.210. The van der Waals surface area contributed by atoms with Gasteiger partial charge in [-0.05, 0) is 62.7 Å². The zero-order chi connectivity index (χ0) is 13.1.